The molecule has 0 spiro atoms. The molecule has 2 amide bonds. The van der Waals surface area contributed by atoms with Crippen molar-refractivity contribution >= 4 is 23.8 Å². The van der Waals surface area contributed by atoms with Crippen molar-refractivity contribution in [1.29, 1.82) is 0 Å². The molecule has 0 aromatic carbocycles. The molecule has 0 aliphatic heterocycles. The van der Waals surface area contributed by atoms with E-state index in [4.69, 9.17) is 10.2 Å². The number of hydrogen-bond donors (Lipinski definition) is 4. The summed E-state index contributed by atoms with van der Waals surface area (Å²) in [5, 5.41) is 20.5. The summed E-state index contributed by atoms with van der Waals surface area (Å²) in [6.07, 6.45) is 0. The molecule has 0 radical (unpaired) electrons. The molecule has 8 heteroatoms. The van der Waals surface area contributed by atoms with Gasteiger partial charge in [-0.15, -0.1) is 0 Å². The van der Waals surface area contributed by atoms with Crippen molar-refractivity contribution in [2.24, 2.45) is 0 Å². The van der Waals surface area contributed by atoms with Crippen LogP contribution in [0.2, 0.25) is 0 Å². The monoisotopic (exact) mass is 260 g/mol. The van der Waals surface area contributed by atoms with Gasteiger partial charge in [0.2, 0.25) is 11.8 Å². The minimum absolute atomic E-state index is 0.303. The van der Waals surface area contributed by atoms with Crippen LogP contribution in [0.3, 0.4) is 0 Å². The molecule has 4 N–H and O–H groups in total. The third-order valence-corrected chi connectivity index (χ3v) is 1.38. The van der Waals surface area contributed by atoms with Crippen LogP contribution in [-0.4, -0.2) is 40.0 Å². The van der Waals surface area contributed by atoms with Gasteiger partial charge in [-0.05, 0) is 6.92 Å². The van der Waals surface area contributed by atoms with Crippen LogP contribution in [0, 0.1) is 0 Å². The van der Waals surface area contributed by atoms with Crippen LogP contribution in [-0.2, 0) is 19.2 Å². The van der Waals surface area contributed by atoms with Crippen molar-refractivity contribution in [3.05, 3.63) is 12.3 Å². The SMILES string of the molecule is C=C(NC(C)=O)C(=O)O.CC(=O)N[C@@H](C)C(=O)O. The summed E-state index contributed by atoms with van der Waals surface area (Å²) in [7, 11) is 0. The summed E-state index contributed by atoms with van der Waals surface area (Å²) in [4.78, 5) is 40.2. The number of carboxylic acid groups (broad SMARTS) is 2. The summed E-state index contributed by atoms with van der Waals surface area (Å²) in [5.41, 5.74) is -0.303. The first-order valence-electron chi connectivity index (χ1n) is 4.77. The molecule has 0 aliphatic carbocycles. The number of hydrogen-bond acceptors (Lipinski definition) is 4. The summed E-state index contributed by atoms with van der Waals surface area (Å²) in [6.45, 7) is 6.96. The Morgan fingerprint density at radius 3 is 1.61 bits per heavy atom. The van der Waals surface area contributed by atoms with E-state index < -0.39 is 23.9 Å². The highest BCUT2D eigenvalue weighted by Crippen LogP contribution is 1.80. The van der Waals surface area contributed by atoms with E-state index in [1.54, 1.807) is 0 Å². The maximum Gasteiger partial charge on any atom is 0.351 e. The second-order valence-corrected chi connectivity index (χ2v) is 3.23. The largest absolute Gasteiger partial charge is 0.480 e. The highest BCUT2D eigenvalue weighted by Gasteiger charge is 2.09. The van der Waals surface area contributed by atoms with Crippen LogP contribution in [0.25, 0.3) is 0 Å². The van der Waals surface area contributed by atoms with Crippen LogP contribution in [0.4, 0.5) is 0 Å². The summed E-state index contributed by atoms with van der Waals surface area (Å²) < 4.78 is 0. The highest BCUT2D eigenvalue weighted by molar-refractivity contribution is 5.91. The van der Waals surface area contributed by atoms with Crippen LogP contribution in [0.1, 0.15) is 20.8 Å². The second-order valence-electron chi connectivity index (χ2n) is 3.23. The fraction of sp³-hybridized carbons (Fsp3) is 0.400. The molecule has 0 saturated heterocycles. The lowest BCUT2D eigenvalue weighted by molar-refractivity contribution is -0.141. The van der Waals surface area contributed by atoms with E-state index in [1.165, 1.54) is 20.8 Å². The van der Waals surface area contributed by atoms with E-state index in [2.05, 4.69) is 11.9 Å². The quantitative estimate of drug-likeness (QED) is 0.495. The van der Waals surface area contributed by atoms with E-state index in [0.29, 0.717) is 0 Å². The Hall–Kier alpha value is -2.38. The molecular formula is C10H16N2O6. The van der Waals surface area contributed by atoms with Gasteiger partial charge in [0.1, 0.15) is 11.7 Å². The molecule has 0 unspecified atom stereocenters. The third-order valence-electron chi connectivity index (χ3n) is 1.38. The molecule has 1 atom stereocenters. The highest BCUT2D eigenvalue weighted by atomic mass is 16.4. The first-order valence-corrected chi connectivity index (χ1v) is 4.77. The lowest BCUT2D eigenvalue weighted by Crippen LogP contribution is -2.36. The Kier molecular flexibility index (Phi) is 8.73. The number of aliphatic carboxylic acids is 2. The molecule has 0 aromatic rings. The Labute approximate surface area is 104 Å². The number of rotatable bonds is 4. The minimum atomic E-state index is -1.22. The standard InChI is InChI=1S/C5H9NO3.C5H7NO3/c2*1-3(5(8)9)6-4(2)7/h3H,1-2H3,(H,6,7)(H,8,9);1H2,2H3,(H,6,7)(H,8,9)/t3-;/m0./s1. The topological polar surface area (TPSA) is 133 Å². The molecule has 18 heavy (non-hydrogen) atoms. The van der Waals surface area contributed by atoms with E-state index in [0.717, 1.165) is 0 Å². The van der Waals surface area contributed by atoms with Crippen molar-refractivity contribution in [1.82, 2.24) is 10.6 Å². The molecule has 0 aliphatic rings. The van der Waals surface area contributed by atoms with Gasteiger partial charge in [-0.3, -0.25) is 14.4 Å². The van der Waals surface area contributed by atoms with Gasteiger partial charge < -0.3 is 20.8 Å². The Balaban J connectivity index is 0. The predicted molar refractivity (Wildman–Crippen MR) is 61.5 cm³/mol. The lowest BCUT2D eigenvalue weighted by Gasteiger charge is -2.04. The Bertz CT molecular complexity index is 363. The van der Waals surface area contributed by atoms with Crippen LogP contribution >= 0.6 is 0 Å². The molecule has 0 aromatic heterocycles. The maximum atomic E-state index is 10.2. The fourth-order valence-corrected chi connectivity index (χ4v) is 0.633. The summed E-state index contributed by atoms with van der Waals surface area (Å²) >= 11 is 0. The van der Waals surface area contributed by atoms with Crippen molar-refractivity contribution < 1.29 is 29.4 Å². The number of amides is 2. The van der Waals surface area contributed by atoms with Gasteiger partial charge in [0.15, 0.2) is 0 Å². The number of nitrogens with one attached hydrogen (secondary N) is 2. The van der Waals surface area contributed by atoms with E-state index in [9.17, 15) is 19.2 Å². The van der Waals surface area contributed by atoms with Crippen LogP contribution in [0.5, 0.6) is 0 Å². The van der Waals surface area contributed by atoms with Gasteiger partial charge in [0.25, 0.3) is 0 Å². The van der Waals surface area contributed by atoms with Crippen LogP contribution in [0.15, 0.2) is 12.3 Å². The van der Waals surface area contributed by atoms with Gasteiger partial charge in [-0.1, -0.05) is 6.58 Å². The fourth-order valence-electron chi connectivity index (χ4n) is 0.633. The first-order chi connectivity index (χ1) is 8.07. The van der Waals surface area contributed by atoms with Crippen molar-refractivity contribution in [2.75, 3.05) is 0 Å². The lowest BCUT2D eigenvalue weighted by atomic mass is 10.3. The molecule has 0 bridgehead atoms. The molecule has 0 fully saturated rings. The number of carbonyl (C=O) groups excluding carboxylic acids is 2. The van der Waals surface area contributed by atoms with Gasteiger partial charge >= 0.3 is 11.9 Å². The molecular weight excluding hydrogens is 244 g/mol. The van der Waals surface area contributed by atoms with Crippen molar-refractivity contribution in [3.63, 3.8) is 0 Å². The van der Waals surface area contributed by atoms with Gasteiger partial charge in [0.05, 0.1) is 0 Å². The zero-order chi connectivity index (χ0) is 14.9. The third kappa shape index (κ3) is 11.7. The molecule has 0 saturated carbocycles. The summed E-state index contributed by atoms with van der Waals surface area (Å²) in [5.74, 6) is -3.00. The van der Waals surface area contributed by atoms with Gasteiger partial charge in [-0.2, -0.15) is 0 Å². The maximum absolute atomic E-state index is 10.2. The molecule has 0 heterocycles. The molecule has 8 nitrogen and oxygen atoms in total. The van der Waals surface area contributed by atoms with Gasteiger partial charge in [-0.25, -0.2) is 4.79 Å². The second kappa shape index (κ2) is 8.74. The molecule has 102 valence electrons. The van der Waals surface area contributed by atoms with E-state index >= 15 is 0 Å². The number of carbonyl (C=O) groups is 4. The predicted octanol–water partition coefficient (Wildman–Crippen LogP) is -0.684. The first kappa shape index (κ1) is 18.0. The van der Waals surface area contributed by atoms with Gasteiger partial charge in [0, 0.05) is 13.8 Å². The smallest absolute Gasteiger partial charge is 0.351 e. The Morgan fingerprint density at radius 2 is 1.50 bits per heavy atom. The average molecular weight is 260 g/mol. The zero-order valence-electron chi connectivity index (χ0n) is 10.3. The van der Waals surface area contributed by atoms with Crippen molar-refractivity contribution in [3.8, 4) is 0 Å². The van der Waals surface area contributed by atoms with Crippen molar-refractivity contribution in [2.45, 2.75) is 26.8 Å². The Morgan fingerprint density at radius 1 is 1.06 bits per heavy atom. The average Bonchev–Trinajstić information content (AvgIpc) is 2.16. The number of carboxylic acids is 2. The molecule has 0 rings (SSSR count). The van der Waals surface area contributed by atoms with E-state index in [1.807, 2.05) is 5.32 Å². The normalized spacial score (nSPS) is 10.2. The summed E-state index contributed by atoms with van der Waals surface area (Å²) in [6, 6.07) is -0.789. The minimum Gasteiger partial charge on any atom is -0.480 e. The zero-order valence-corrected chi connectivity index (χ0v) is 10.3. The van der Waals surface area contributed by atoms with E-state index in [-0.39, 0.29) is 11.6 Å². The van der Waals surface area contributed by atoms with Crippen LogP contribution < -0.4 is 10.6 Å².